The van der Waals surface area contributed by atoms with Crippen molar-refractivity contribution in [1.82, 2.24) is 0 Å². The van der Waals surface area contributed by atoms with Gasteiger partial charge < -0.3 is 19.5 Å². The van der Waals surface area contributed by atoms with Crippen LogP contribution in [0, 0.1) is 0 Å². The van der Waals surface area contributed by atoms with Crippen LogP contribution in [-0.2, 0) is 9.53 Å². The predicted octanol–water partition coefficient (Wildman–Crippen LogP) is 3.58. The largest absolute Gasteiger partial charge is 0.490 e. The first-order valence-electron chi connectivity index (χ1n) is 9.49. The van der Waals surface area contributed by atoms with Crippen molar-refractivity contribution < 1.29 is 28.6 Å². The van der Waals surface area contributed by atoms with Crippen molar-refractivity contribution in [3.8, 4) is 11.5 Å². The maximum atomic E-state index is 12.4. The third-order valence-electron chi connectivity index (χ3n) is 4.60. The van der Waals surface area contributed by atoms with E-state index in [4.69, 9.17) is 14.2 Å². The van der Waals surface area contributed by atoms with E-state index < -0.39 is 12.6 Å². The molecule has 1 heterocycles. The Balaban J connectivity index is 1.67. The summed E-state index contributed by atoms with van der Waals surface area (Å²) in [4.78, 5) is 36.6. The maximum absolute atomic E-state index is 12.4. The number of fused-ring (bicyclic) bond motifs is 1. The summed E-state index contributed by atoms with van der Waals surface area (Å²) in [5.74, 6) is -0.410. The molecule has 0 fully saturated rings. The van der Waals surface area contributed by atoms with Crippen molar-refractivity contribution in [2.75, 3.05) is 25.1 Å². The van der Waals surface area contributed by atoms with E-state index in [0.29, 0.717) is 36.0 Å². The normalized spacial score (nSPS) is 14.7. The number of ketones is 1. The Labute approximate surface area is 169 Å². The summed E-state index contributed by atoms with van der Waals surface area (Å²) >= 11 is 0. The Kier molecular flexibility index (Phi) is 6.16. The van der Waals surface area contributed by atoms with Gasteiger partial charge in [-0.1, -0.05) is 0 Å². The number of carbonyl (C=O) groups excluding carboxylic acids is 3. The number of ether oxygens (including phenoxy) is 3. The third-order valence-corrected chi connectivity index (χ3v) is 4.60. The molecule has 1 aliphatic rings. The molecule has 152 valence electrons. The molecule has 1 aliphatic heterocycles. The molecule has 0 aliphatic carbocycles. The standard InChI is InChI=1S/C22H23NO6/c1-4-27-19-9-7-15(11-20(19)28-5-2)22(26)29-12-18(24)14-6-8-17-16(10-14)13(3)21(25)23-17/h6-11,13H,4-5,12H2,1-3H3,(H,23,25)/t13-/m0/s1. The van der Waals surface area contributed by atoms with Crippen LogP contribution in [0.4, 0.5) is 5.69 Å². The molecule has 7 heteroatoms. The van der Waals surface area contributed by atoms with Gasteiger partial charge in [0.25, 0.3) is 0 Å². The molecule has 0 bridgehead atoms. The number of rotatable bonds is 8. The van der Waals surface area contributed by atoms with E-state index in [1.165, 1.54) is 6.07 Å². The fraction of sp³-hybridized carbons (Fsp3) is 0.318. The smallest absolute Gasteiger partial charge is 0.338 e. The Morgan fingerprint density at radius 3 is 2.38 bits per heavy atom. The molecule has 0 saturated carbocycles. The Morgan fingerprint density at radius 2 is 1.66 bits per heavy atom. The van der Waals surface area contributed by atoms with Crippen molar-refractivity contribution in [3.63, 3.8) is 0 Å². The molecule has 29 heavy (non-hydrogen) atoms. The Morgan fingerprint density at radius 1 is 0.966 bits per heavy atom. The number of hydrogen-bond donors (Lipinski definition) is 1. The molecule has 0 saturated heterocycles. The molecule has 3 rings (SSSR count). The summed E-state index contributed by atoms with van der Waals surface area (Å²) in [6, 6.07) is 9.70. The maximum Gasteiger partial charge on any atom is 0.338 e. The zero-order valence-electron chi connectivity index (χ0n) is 16.6. The van der Waals surface area contributed by atoms with Gasteiger partial charge in [0, 0.05) is 11.3 Å². The first kappa shape index (κ1) is 20.4. The second kappa shape index (κ2) is 8.77. The van der Waals surface area contributed by atoms with Gasteiger partial charge in [-0.15, -0.1) is 0 Å². The van der Waals surface area contributed by atoms with Crippen LogP contribution >= 0.6 is 0 Å². The highest BCUT2D eigenvalue weighted by molar-refractivity contribution is 6.05. The number of benzene rings is 2. The summed E-state index contributed by atoms with van der Waals surface area (Å²) in [5.41, 5.74) is 2.12. The van der Waals surface area contributed by atoms with Crippen LogP contribution < -0.4 is 14.8 Å². The molecule has 1 amide bonds. The summed E-state index contributed by atoms with van der Waals surface area (Å²) in [5, 5.41) is 2.76. The lowest BCUT2D eigenvalue weighted by Gasteiger charge is -2.12. The second-order valence-corrected chi connectivity index (χ2v) is 6.54. The number of hydrogen-bond acceptors (Lipinski definition) is 6. The zero-order valence-corrected chi connectivity index (χ0v) is 16.6. The lowest BCUT2D eigenvalue weighted by atomic mass is 9.99. The van der Waals surface area contributed by atoms with Gasteiger partial charge in [-0.05, 0) is 62.7 Å². The average molecular weight is 397 g/mol. The van der Waals surface area contributed by atoms with E-state index in [2.05, 4.69) is 5.32 Å². The fourth-order valence-corrected chi connectivity index (χ4v) is 3.07. The first-order chi connectivity index (χ1) is 13.9. The fourth-order valence-electron chi connectivity index (χ4n) is 3.07. The van der Waals surface area contributed by atoms with Crippen LogP contribution in [0.1, 0.15) is 53.0 Å². The van der Waals surface area contributed by atoms with Gasteiger partial charge in [-0.2, -0.15) is 0 Å². The van der Waals surface area contributed by atoms with Crippen LogP contribution in [-0.4, -0.2) is 37.5 Å². The highest BCUT2D eigenvalue weighted by Crippen LogP contribution is 2.33. The SMILES string of the molecule is CCOc1ccc(C(=O)OCC(=O)c2ccc3c(c2)[C@H](C)C(=O)N3)cc1OCC. The van der Waals surface area contributed by atoms with Crippen LogP contribution in [0.2, 0.25) is 0 Å². The lowest BCUT2D eigenvalue weighted by molar-refractivity contribution is -0.116. The van der Waals surface area contributed by atoms with E-state index in [1.807, 2.05) is 13.8 Å². The number of esters is 1. The summed E-state index contributed by atoms with van der Waals surface area (Å²) in [6.45, 7) is 5.96. The molecule has 2 aromatic rings. The summed E-state index contributed by atoms with van der Waals surface area (Å²) < 4.78 is 16.2. The minimum atomic E-state index is -0.631. The minimum Gasteiger partial charge on any atom is -0.490 e. The van der Waals surface area contributed by atoms with Crippen molar-refractivity contribution >= 4 is 23.3 Å². The zero-order chi connectivity index (χ0) is 21.0. The van der Waals surface area contributed by atoms with Gasteiger partial charge in [0.05, 0.1) is 24.7 Å². The number of carbonyl (C=O) groups is 3. The van der Waals surface area contributed by atoms with Crippen LogP contribution in [0.15, 0.2) is 36.4 Å². The number of nitrogens with one attached hydrogen (secondary N) is 1. The van der Waals surface area contributed by atoms with Crippen LogP contribution in [0.5, 0.6) is 11.5 Å². The molecule has 0 radical (unpaired) electrons. The highest BCUT2D eigenvalue weighted by Gasteiger charge is 2.27. The van der Waals surface area contributed by atoms with E-state index >= 15 is 0 Å². The van der Waals surface area contributed by atoms with Gasteiger partial charge in [0.15, 0.2) is 23.9 Å². The molecule has 1 atom stereocenters. The monoisotopic (exact) mass is 397 g/mol. The van der Waals surface area contributed by atoms with Gasteiger partial charge in [-0.25, -0.2) is 4.79 Å². The number of anilines is 1. The lowest BCUT2D eigenvalue weighted by Crippen LogP contribution is -2.15. The van der Waals surface area contributed by atoms with Gasteiger partial charge in [0.1, 0.15) is 0 Å². The molecule has 2 aromatic carbocycles. The van der Waals surface area contributed by atoms with E-state index in [0.717, 1.165) is 5.56 Å². The van der Waals surface area contributed by atoms with Gasteiger partial charge in [0.2, 0.25) is 5.91 Å². The topological polar surface area (TPSA) is 90.9 Å². The number of Topliss-reactive ketones (excluding diaryl/α,β-unsaturated/α-hetero) is 1. The summed E-state index contributed by atoms with van der Waals surface area (Å²) in [7, 11) is 0. The first-order valence-corrected chi connectivity index (χ1v) is 9.49. The average Bonchev–Trinajstić information content (AvgIpc) is 3.01. The van der Waals surface area contributed by atoms with Crippen molar-refractivity contribution in [1.29, 1.82) is 0 Å². The minimum absolute atomic E-state index is 0.100. The third kappa shape index (κ3) is 4.39. The van der Waals surface area contributed by atoms with Gasteiger partial charge in [-0.3, -0.25) is 9.59 Å². The van der Waals surface area contributed by atoms with Gasteiger partial charge >= 0.3 is 5.97 Å². The quantitative estimate of drug-likeness (QED) is 0.541. The van der Waals surface area contributed by atoms with E-state index in [9.17, 15) is 14.4 Å². The van der Waals surface area contributed by atoms with Crippen molar-refractivity contribution in [2.45, 2.75) is 26.7 Å². The van der Waals surface area contributed by atoms with Crippen molar-refractivity contribution in [3.05, 3.63) is 53.1 Å². The van der Waals surface area contributed by atoms with Crippen LogP contribution in [0.25, 0.3) is 0 Å². The predicted molar refractivity (Wildman–Crippen MR) is 107 cm³/mol. The van der Waals surface area contributed by atoms with E-state index in [-0.39, 0.29) is 23.2 Å². The Hall–Kier alpha value is -3.35. The molecular formula is C22H23NO6. The number of amides is 1. The van der Waals surface area contributed by atoms with E-state index in [1.54, 1.807) is 37.3 Å². The molecule has 1 N–H and O–H groups in total. The molecule has 7 nitrogen and oxygen atoms in total. The molecule has 0 aromatic heterocycles. The summed E-state index contributed by atoms with van der Waals surface area (Å²) in [6.07, 6.45) is 0. The molecule has 0 spiro atoms. The molecular weight excluding hydrogens is 374 g/mol. The highest BCUT2D eigenvalue weighted by atomic mass is 16.5. The molecule has 0 unspecified atom stereocenters. The Bertz CT molecular complexity index is 952. The van der Waals surface area contributed by atoms with Crippen LogP contribution in [0.3, 0.4) is 0 Å². The van der Waals surface area contributed by atoms with Crippen molar-refractivity contribution in [2.24, 2.45) is 0 Å². The second-order valence-electron chi connectivity index (χ2n) is 6.54.